The van der Waals surface area contributed by atoms with Gasteiger partial charge in [-0.1, -0.05) is 31.2 Å². The fourth-order valence-electron chi connectivity index (χ4n) is 2.31. The molecular formula is C14H17NO. The lowest BCUT2D eigenvalue weighted by molar-refractivity contribution is -0.114. The molecule has 0 saturated heterocycles. The molecule has 84 valence electrons. The van der Waals surface area contributed by atoms with Crippen LogP contribution in [-0.2, 0) is 11.2 Å². The third kappa shape index (κ3) is 1.87. The van der Waals surface area contributed by atoms with Crippen LogP contribution in [0.15, 0.2) is 30.9 Å². The van der Waals surface area contributed by atoms with Gasteiger partial charge < -0.3 is 4.90 Å². The number of benzene rings is 1. The van der Waals surface area contributed by atoms with E-state index in [1.165, 1.54) is 17.2 Å². The second-order valence-electron chi connectivity index (χ2n) is 4.59. The fourth-order valence-corrected chi connectivity index (χ4v) is 2.31. The van der Waals surface area contributed by atoms with E-state index in [2.05, 4.69) is 32.6 Å². The van der Waals surface area contributed by atoms with E-state index in [4.69, 9.17) is 0 Å². The highest BCUT2D eigenvalue weighted by molar-refractivity contribution is 6.01. The van der Waals surface area contributed by atoms with Crippen LogP contribution in [0.25, 0.3) is 0 Å². The number of nitrogens with zero attached hydrogens (tertiary/aromatic N) is 1. The monoisotopic (exact) mass is 215 g/mol. The van der Waals surface area contributed by atoms with E-state index in [0.717, 1.165) is 18.7 Å². The molecule has 1 aliphatic heterocycles. The van der Waals surface area contributed by atoms with Crippen molar-refractivity contribution in [1.29, 1.82) is 0 Å². The summed E-state index contributed by atoms with van der Waals surface area (Å²) in [5, 5.41) is 0. The summed E-state index contributed by atoms with van der Waals surface area (Å²) >= 11 is 0. The molecule has 0 saturated carbocycles. The molecule has 0 spiro atoms. The summed E-state index contributed by atoms with van der Waals surface area (Å²) in [6.07, 6.45) is 2.44. The average molecular weight is 215 g/mol. The van der Waals surface area contributed by atoms with Crippen LogP contribution in [0.2, 0.25) is 0 Å². The lowest BCUT2D eigenvalue weighted by Gasteiger charge is -2.32. The molecule has 0 N–H and O–H groups in total. The van der Waals surface area contributed by atoms with Crippen molar-refractivity contribution in [2.75, 3.05) is 11.4 Å². The number of fused-ring (bicyclic) bond motifs is 1. The quantitative estimate of drug-likeness (QED) is 0.660. The zero-order valence-electron chi connectivity index (χ0n) is 9.86. The predicted molar refractivity (Wildman–Crippen MR) is 66.6 cm³/mol. The van der Waals surface area contributed by atoms with Gasteiger partial charge in [0.1, 0.15) is 0 Å². The molecule has 1 aromatic carbocycles. The Labute approximate surface area is 96.6 Å². The van der Waals surface area contributed by atoms with Crippen LogP contribution in [0.4, 0.5) is 5.69 Å². The van der Waals surface area contributed by atoms with Crippen LogP contribution in [-0.4, -0.2) is 12.5 Å². The summed E-state index contributed by atoms with van der Waals surface area (Å²) in [5.74, 6) is 0.509. The molecule has 0 fully saturated rings. The van der Waals surface area contributed by atoms with Crippen molar-refractivity contribution in [3.63, 3.8) is 0 Å². The molecule has 1 amide bonds. The summed E-state index contributed by atoms with van der Waals surface area (Å²) in [6, 6.07) is 6.27. The molecule has 1 aliphatic rings. The maximum atomic E-state index is 11.8. The van der Waals surface area contributed by atoms with E-state index in [1.54, 1.807) is 0 Å². The number of rotatable bonds is 1. The van der Waals surface area contributed by atoms with Crippen LogP contribution in [0.5, 0.6) is 0 Å². The number of hydrogen-bond donors (Lipinski definition) is 0. The lowest BCUT2D eigenvalue weighted by Crippen LogP contribution is -2.38. The third-order valence-electron chi connectivity index (χ3n) is 3.03. The average Bonchev–Trinajstić information content (AvgIpc) is 2.26. The smallest absolute Gasteiger partial charge is 0.250 e. The molecule has 1 aromatic rings. The molecule has 2 heteroatoms. The summed E-state index contributed by atoms with van der Waals surface area (Å²) in [4.78, 5) is 13.6. The van der Waals surface area contributed by atoms with Crippen LogP contribution < -0.4 is 4.90 Å². The topological polar surface area (TPSA) is 20.3 Å². The van der Waals surface area contributed by atoms with Gasteiger partial charge >= 0.3 is 0 Å². The molecule has 2 rings (SSSR count). The van der Waals surface area contributed by atoms with Crippen molar-refractivity contribution in [2.24, 2.45) is 5.92 Å². The highest BCUT2D eigenvalue weighted by atomic mass is 16.2. The Morgan fingerprint density at radius 1 is 1.56 bits per heavy atom. The van der Waals surface area contributed by atoms with Gasteiger partial charge in [-0.25, -0.2) is 0 Å². The minimum Gasteiger partial charge on any atom is -0.308 e. The number of carbonyl (C=O) groups excluding carboxylic acids is 1. The molecule has 0 aromatic heterocycles. The summed E-state index contributed by atoms with van der Waals surface area (Å²) < 4.78 is 0. The second kappa shape index (κ2) is 4.12. The Hall–Kier alpha value is -1.57. The van der Waals surface area contributed by atoms with E-state index in [1.807, 2.05) is 11.0 Å². The van der Waals surface area contributed by atoms with Gasteiger partial charge in [0.05, 0.1) is 0 Å². The molecule has 1 heterocycles. The molecule has 2 nitrogen and oxygen atoms in total. The minimum absolute atomic E-state index is 0.00310. The maximum absolute atomic E-state index is 11.8. The van der Waals surface area contributed by atoms with Crippen LogP contribution in [0.3, 0.4) is 0 Å². The Morgan fingerprint density at radius 3 is 3.00 bits per heavy atom. The minimum atomic E-state index is -0.00310. The predicted octanol–water partition coefficient (Wildman–Crippen LogP) is 2.71. The van der Waals surface area contributed by atoms with Gasteiger partial charge in [-0.05, 0) is 37.0 Å². The summed E-state index contributed by atoms with van der Waals surface area (Å²) in [6.45, 7) is 8.61. The second-order valence-corrected chi connectivity index (χ2v) is 4.59. The van der Waals surface area contributed by atoms with Crippen LogP contribution in [0, 0.1) is 12.8 Å². The van der Waals surface area contributed by atoms with Crippen LogP contribution in [0.1, 0.15) is 18.1 Å². The Balaban J connectivity index is 2.45. The van der Waals surface area contributed by atoms with Gasteiger partial charge in [-0.15, -0.1) is 0 Å². The molecule has 16 heavy (non-hydrogen) atoms. The first-order valence-corrected chi connectivity index (χ1v) is 5.65. The van der Waals surface area contributed by atoms with Crippen molar-refractivity contribution in [1.82, 2.24) is 0 Å². The highest BCUT2D eigenvalue weighted by Crippen LogP contribution is 2.30. The fraction of sp³-hybridized carbons (Fsp3) is 0.357. The zero-order valence-corrected chi connectivity index (χ0v) is 9.86. The van der Waals surface area contributed by atoms with Gasteiger partial charge in [-0.2, -0.15) is 0 Å². The maximum Gasteiger partial charge on any atom is 0.250 e. The first-order chi connectivity index (χ1) is 7.61. The number of hydrogen-bond acceptors (Lipinski definition) is 1. The van der Waals surface area contributed by atoms with Crippen molar-refractivity contribution in [2.45, 2.75) is 20.3 Å². The molecule has 1 atom stereocenters. The van der Waals surface area contributed by atoms with E-state index < -0.39 is 0 Å². The first kappa shape index (κ1) is 10.9. The Kier molecular flexibility index (Phi) is 2.82. The molecule has 1 unspecified atom stereocenters. The van der Waals surface area contributed by atoms with Gasteiger partial charge in [0.25, 0.3) is 0 Å². The number of amides is 1. The Morgan fingerprint density at radius 2 is 2.31 bits per heavy atom. The largest absolute Gasteiger partial charge is 0.308 e. The van der Waals surface area contributed by atoms with Gasteiger partial charge in [0.2, 0.25) is 5.91 Å². The molecule has 0 radical (unpaired) electrons. The highest BCUT2D eigenvalue weighted by Gasteiger charge is 2.24. The van der Waals surface area contributed by atoms with Crippen molar-refractivity contribution >= 4 is 11.6 Å². The first-order valence-electron chi connectivity index (χ1n) is 5.65. The summed E-state index contributed by atoms with van der Waals surface area (Å²) in [7, 11) is 0. The molecule has 0 aliphatic carbocycles. The van der Waals surface area contributed by atoms with Crippen molar-refractivity contribution in [3.8, 4) is 0 Å². The lowest BCUT2D eigenvalue weighted by atomic mass is 9.92. The van der Waals surface area contributed by atoms with Gasteiger partial charge in [0, 0.05) is 12.2 Å². The van der Waals surface area contributed by atoms with E-state index in [-0.39, 0.29) is 5.91 Å². The van der Waals surface area contributed by atoms with E-state index in [0.29, 0.717) is 5.92 Å². The third-order valence-corrected chi connectivity index (χ3v) is 3.03. The SMILES string of the molecule is C=CC(=O)N1CC(C)Cc2cc(C)ccc21. The van der Waals surface area contributed by atoms with Crippen molar-refractivity contribution < 1.29 is 4.79 Å². The van der Waals surface area contributed by atoms with Gasteiger partial charge in [-0.3, -0.25) is 4.79 Å². The van der Waals surface area contributed by atoms with E-state index >= 15 is 0 Å². The van der Waals surface area contributed by atoms with Crippen molar-refractivity contribution in [3.05, 3.63) is 42.0 Å². The normalized spacial score (nSPS) is 19.1. The standard InChI is InChI=1S/C14H17NO/c1-4-14(16)15-9-11(3)8-12-7-10(2)5-6-13(12)15/h4-7,11H,1,8-9H2,2-3H3. The van der Waals surface area contributed by atoms with Crippen LogP contribution >= 0.6 is 0 Å². The number of anilines is 1. The number of carbonyl (C=O) groups is 1. The zero-order chi connectivity index (χ0) is 11.7. The Bertz CT molecular complexity index is 436. The van der Waals surface area contributed by atoms with E-state index in [9.17, 15) is 4.79 Å². The summed E-state index contributed by atoms with van der Waals surface area (Å²) in [5.41, 5.74) is 3.57. The molecule has 0 bridgehead atoms. The molecular weight excluding hydrogens is 198 g/mol. The van der Waals surface area contributed by atoms with Gasteiger partial charge in [0.15, 0.2) is 0 Å². The number of aryl methyl sites for hydroxylation is 1.